The Balaban J connectivity index is 0.00000420. The molecule has 3 N–H and O–H groups in total. The molecule has 0 spiro atoms. The fourth-order valence-corrected chi connectivity index (χ4v) is 2.66. The van der Waals surface area contributed by atoms with Crippen LogP contribution in [0.25, 0.3) is 0 Å². The number of hydrogen-bond donors (Lipinski definition) is 3. The molecule has 1 heterocycles. The van der Waals surface area contributed by atoms with Crippen molar-refractivity contribution >= 4 is 35.8 Å². The number of halogens is 1. The Kier molecular flexibility index (Phi) is 11.9. The topological polar surface area (TPSA) is 87.9 Å². The summed E-state index contributed by atoms with van der Waals surface area (Å²) in [6.45, 7) is 6.76. The predicted octanol–water partition coefficient (Wildman–Crippen LogP) is 3.38. The van der Waals surface area contributed by atoms with E-state index < -0.39 is 0 Å². The minimum Gasteiger partial charge on any atom is -0.497 e. The lowest BCUT2D eigenvalue weighted by Crippen LogP contribution is -2.41. The molecule has 1 aromatic carbocycles. The molecule has 0 saturated carbocycles. The summed E-state index contributed by atoms with van der Waals surface area (Å²) in [6.07, 6.45) is 2.42. The fourth-order valence-electron chi connectivity index (χ4n) is 2.66. The van der Waals surface area contributed by atoms with Crippen LogP contribution in [0.15, 0.2) is 52.1 Å². The van der Waals surface area contributed by atoms with Crippen LogP contribution in [-0.4, -0.2) is 45.2 Å². The summed E-state index contributed by atoms with van der Waals surface area (Å²) < 4.78 is 10.3. The van der Waals surface area contributed by atoms with Crippen molar-refractivity contribution in [3.8, 4) is 5.75 Å². The van der Waals surface area contributed by atoms with E-state index in [-0.39, 0.29) is 29.9 Å². The predicted molar refractivity (Wildman–Crippen MR) is 126 cm³/mol. The van der Waals surface area contributed by atoms with Crippen LogP contribution in [0, 0.1) is 0 Å². The highest BCUT2D eigenvalue weighted by Crippen LogP contribution is 2.21. The van der Waals surface area contributed by atoms with Gasteiger partial charge in [0, 0.05) is 26.2 Å². The number of methoxy groups -OCH3 is 1. The minimum absolute atomic E-state index is 0. The Hall–Kier alpha value is -2.23. The van der Waals surface area contributed by atoms with Crippen LogP contribution in [-0.2, 0) is 0 Å². The maximum atomic E-state index is 11.8. The number of nitrogens with one attached hydrogen (secondary N) is 3. The minimum atomic E-state index is -0.220. The Bertz CT molecular complexity index is 733. The third-order valence-electron chi connectivity index (χ3n) is 4.31. The van der Waals surface area contributed by atoms with E-state index in [0.29, 0.717) is 31.3 Å². The summed E-state index contributed by atoms with van der Waals surface area (Å²) in [5.74, 6) is 2.11. The molecular formula is C21H31IN4O3. The molecule has 0 aliphatic heterocycles. The average molecular weight is 514 g/mol. The lowest BCUT2D eigenvalue weighted by Gasteiger charge is -2.14. The maximum Gasteiger partial charge on any atom is 0.287 e. The van der Waals surface area contributed by atoms with Crippen molar-refractivity contribution in [2.45, 2.75) is 26.2 Å². The molecule has 0 aliphatic carbocycles. The molecule has 2 rings (SSSR count). The molecule has 8 heteroatoms. The Labute approximate surface area is 189 Å². The van der Waals surface area contributed by atoms with Crippen LogP contribution in [0.2, 0.25) is 0 Å². The van der Waals surface area contributed by atoms with Crippen LogP contribution in [0.3, 0.4) is 0 Å². The molecular weight excluding hydrogens is 483 g/mol. The van der Waals surface area contributed by atoms with Crippen molar-refractivity contribution in [3.63, 3.8) is 0 Å². The zero-order chi connectivity index (χ0) is 20.2. The molecule has 0 radical (unpaired) electrons. The van der Waals surface area contributed by atoms with Gasteiger partial charge in [-0.2, -0.15) is 0 Å². The molecule has 2 aromatic rings. The first kappa shape index (κ1) is 24.8. The number of furan rings is 1. The van der Waals surface area contributed by atoms with Gasteiger partial charge in [-0.3, -0.25) is 9.79 Å². The zero-order valence-electron chi connectivity index (χ0n) is 17.2. The molecule has 160 valence electrons. The van der Waals surface area contributed by atoms with Gasteiger partial charge in [0.1, 0.15) is 5.75 Å². The summed E-state index contributed by atoms with van der Waals surface area (Å²) >= 11 is 0. The van der Waals surface area contributed by atoms with Gasteiger partial charge in [-0.05, 0) is 49.1 Å². The largest absolute Gasteiger partial charge is 0.497 e. The first-order valence-corrected chi connectivity index (χ1v) is 9.61. The van der Waals surface area contributed by atoms with Crippen LogP contribution in [0.5, 0.6) is 5.75 Å². The summed E-state index contributed by atoms with van der Waals surface area (Å²) in [5, 5.41) is 9.24. The third kappa shape index (κ3) is 8.76. The Morgan fingerprint density at radius 1 is 1.14 bits per heavy atom. The highest BCUT2D eigenvalue weighted by Gasteiger charge is 2.08. The van der Waals surface area contributed by atoms with Gasteiger partial charge in [0.05, 0.1) is 13.4 Å². The summed E-state index contributed by atoms with van der Waals surface area (Å²) in [7, 11) is 1.67. The van der Waals surface area contributed by atoms with Crippen molar-refractivity contribution in [2.75, 3.05) is 33.3 Å². The summed E-state index contributed by atoms with van der Waals surface area (Å²) in [4.78, 5) is 16.4. The standard InChI is InChI=1S/C21H30N4O3.HI/c1-4-22-21(25-14-13-23-20(26)19-6-5-15-28-19)24-12-11-16(2)17-7-9-18(27-3)10-8-17;/h5-10,15-16H,4,11-14H2,1-3H3,(H,23,26)(H2,22,24,25);1H. The number of hydrogen-bond acceptors (Lipinski definition) is 4. The van der Waals surface area contributed by atoms with Crippen molar-refractivity contribution in [1.29, 1.82) is 0 Å². The van der Waals surface area contributed by atoms with Gasteiger partial charge in [0.25, 0.3) is 5.91 Å². The highest BCUT2D eigenvalue weighted by molar-refractivity contribution is 14.0. The first-order valence-electron chi connectivity index (χ1n) is 9.61. The number of benzene rings is 1. The van der Waals surface area contributed by atoms with Crippen LogP contribution < -0.4 is 20.7 Å². The van der Waals surface area contributed by atoms with Gasteiger partial charge in [-0.1, -0.05) is 19.1 Å². The second kappa shape index (κ2) is 13.9. The molecule has 7 nitrogen and oxygen atoms in total. The zero-order valence-corrected chi connectivity index (χ0v) is 19.6. The number of rotatable bonds is 10. The van der Waals surface area contributed by atoms with Crippen LogP contribution >= 0.6 is 24.0 Å². The second-order valence-corrected chi connectivity index (χ2v) is 6.38. The highest BCUT2D eigenvalue weighted by atomic mass is 127. The van der Waals surface area contributed by atoms with Crippen molar-refractivity contribution in [1.82, 2.24) is 16.0 Å². The van der Waals surface area contributed by atoms with E-state index in [2.05, 4.69) is 40.0 Å². The lowest BCUT2D eigenvalue weighted by atomic mass is 9.98. The number of guanidine groups is 1. The molecule has 0 aliphatic rings. The van der Waals surface area contributed by atoms with Gasteiger partial charge in [-0.25, -0.2) is 0 Å². The van der Waals surface area contributed by atoms with Gasteiger partial charge < -0.3 is 25.1 Å². The summed E-state index contributed by atoms with van der Waals surface area (Å²) in [5.41, 5.74) is 1.27. The van der Waals surface area contributed by atoms with Gasteiger partial charge in [0.15, 0.2) is 11.7 Å². The molecule has 1 aromatic heterocycles. The van der Waals surface area contributed by atoms with Gasteiger partial charge in [0.2, 0.25) is 0 Å². The van der Waals surface area contributed by atoms with E-state index in [1.807, 2.05) is 19.1 Å². The van der Waals surface area contributed by atoms with E-state index in [0.717, 1.165) is 24.7 Å². The lowest BCUT2D eigenvalue weighted by molar-refractivity contribution is 0.0926. The van der Waals surface area contributed by atoms with Crippen LogP contribution in [0.1, 0.15) is 42.3 Å². The number of carbonyl (C=O) groups excluding carboxylic acids is 1. The number of amides is 1. The second-order valence-electron chi connectivity index (χ2n) is 6.38. The quantitative estimate of drug-likeness (QED) is 0.196. The normalized spacial score (nSPS) is 11.9. The fraction of sp³-hybridized carbons (Fsp3) is 0.429. The molecule has 29 heavy (non-hydrogen) atoms. The van der Waals surface area contributed by atoms with Crippen molar-refractivity contribution < 1.29 is 13.9 Å². The molecule has 0 fully saturated rings. The van der Waals surface area contributed by atoms with Crippen LogP contribution in [0.4, 0.5) is 0 Å². The Morgan fingerprint density at radius 3 is 2.48 bits per heavy atom. The third-order valence-corrected chi connectivity index (χ3v) is 4.31. The number of nitrogens with zero attached hydrogens (tertiary/aromatic N) is 1. The molecule has 0 saturated heterocycles. The molecule has 1 atom stereocenters. The monoisotopic (exact) mass is 514 g/mol. The van der Waals surface area contributed by atoms with Gasteiger partial charge >= 0.3 is 0 Å². The van der Waals surface area contributed by atoms with E-state index in [4.69, 9.17) is 9.15 Å². The molecule has 1 unspecified atom stereocenters. The number of aliphatic imine (C=N–C) groups is 1. The number of ether oxygens (including phenoxy) is 1. The van der Waals surface area contributed by atoms with E-state index in [1.54, 1.807) is 19.2 Å². The molecule has 1 amide bonds. The van der Waals surface area contributed by atoms with E-state index in [1.165, 1.54) is 11.8 Å². The SMILES string of the molecule is CCNC(=NCCC(C)c1ccc(OC)cc1)NCCNC(=O)c1ccco1.I. The van der Waals surface area contributed by atoms with Crippen molar-refractivity contribution in [2.24, 2.45) is 4.99 Å². The first-order chi connectivity index (χ1) is 13.6. The smallest absolute Gasteiger partial charge is 0.287 e. The number of carbonyl (C=O) groups is 1. The van der Waals surface area contributed by atoms with E-state index in [9.17, 15) is 4.79 Å². The van der Waals surface area contributed by atoms with Gasteiger partial charge in [-0.15, -0.1) is 24.0 Å². The molecule has 0 bridgehead atoms. The Morgan fingerprint density at radius 2 is 1.86 bits per heavy atom. The van der Waals surface area contributed by atoms with E-state index >= 15 is 0 Å². The average Bonchev–Trinajstić information content (AvgIpc) is 3.26. The van der Waals surface area contributed by atoms with Crippen molar-refractivity contribution in [3.05, 3.63) is 54.0 Å². The summed E-state index contributed by atoms with van der Waals surface area (Å²) in [6, 6.07) is 11.5. The maximum absolute atomic E-state index is 11.8.